The predicted octanol–water partition coefficient (Wildman–Crippen LogP) is 3.91. The molecular weight excluding hydrogens is 189 g/mol. The van der Waals surface area contributed by atoms with E-state index in [0.29, 0.717) is 12.0 Å². The molecule has 0 atom stereocenters. The highest BCUT2D eigenvalue weighted by atomic mass is 19.4. The Morgan fingerprint density at radius 2 is 2.00 bits per heavy atom. The van der Waals surface area contributed by atoms with E-state index in [1.54, 1.807) is 13.0 Å². The van der Waals surface area contributed by atoms with Gasteiger partial charge in [0.1, 0.15) is 0 Å². The van der Waals surface area contributed by atoms with Crippen LogP contribution < -0.4 is 0 Å². The lowest BCUT2D eigenvalue weighted by Gasteiger charge is -2.14. The maximum absolute atomic E-state index is 12.6. The van der Waals surface area contributed by atoms with Gasteiger partial charge in [0.25, 0.3) is 0 Å². The summed E-state index contributed by atoms with van der Waals surface area (Å²) < 4.78 is 37.9. The van der Waals surface area contributed by atoms with Gasteiger partial charge in [0.05, 0.1) is 5.56 Å². The Kier molecular flexibility index (Phi) is 2.99. The van der Waals surface area contributed by atoms with Crippen molar-refractivity contribution < 1.29 is 13.2 Å². The molecule has 76 valence electrons. The molecule has 1 aromatic carbocycles. The molecule has 14 heavy (non-hydrogen) atoms. The van der Waals surface area contributed by atoms with Crippen LogP contribution in [0.25, 0.3) is 6.08 Å². The Hall–Kier alpha value is -1.25. The van der Waals surface area contributed by atoms with Crippen molar-refractivity contribution in [3.63, 3.8) is 0 Å². The zero-order chi connectivity index (χ0) is 10.8. The molecule has 0 aliphatic carbocycles. The average molecular weight is 200 g/mol. The van der Waals surface area contributed by atoms with Gasteiger partial charge >= 0.3 is 6.18 Å². The first kappa shape index (κ1) is 10.8. The fraction of sp³-hybridized carbons (Fsp3) is 0.273. The highest BCUT2D eigenvalue weighted by Gasteiger charge is 2.34. The zero-order valence-electron chi connectivity index (χ0n) is 7.86. The predicted molar refractivity (Wildman–Crippen MR) is 50.9 cm³/mol. The van der Waals surface area contributed by atoms with Crippen molar-refractivity contribution in [1.29, 1.82) is 0 Å². The van der Waals surface area contributed by atoms with E-state index >= 15 is 0 Å². The molecule has 0 saturated heterocycles. The van der Waals surface area contributed by atoms with Gasteiger partial charge in [0.2, 0.25) is 0 Å². The van der Waals surface area contributed by atoms with Crippen molar-refractivity contribution >= 4 is 6.08 Å². The summed E-state index contributed by atoms with van der Waals surface area (Å²) in [5.74, 6) is 0. The molecule has 0 N–H and O–H groups in total. The minimum absolute atomic E-state index is 0.150. The number of rotatable bonds is 2. The molecule has 0 aromatic heterocycles. The Bertz CT molecular complexity index is 337. The Morgan fingerprint density at radius 3 is 2.43 bits per heavy atom. The van der Waals surface area contributed by atoms with E-state index < -0.39 is 11.7 Å². The minimum atomic E-state index is -4.30. The van der Waals surface area contributed by atoms with Gasteiger partial charge in [-0.05, 0) is 17.5 Å². The summed E-state index contributed by atoms with van der Waals surface area (Å²) in [7, 11) is 0. The SMILES string of the molecule is C=Cc1cccc(CC)c1C(F)(F)F. The van der Waals surface area contributed by atoms with Gasteiger partial charge in [0.15, 0.2) is 0 Å². The number of aryl methyl sites for hydroxylation is 1. The molecule has 1 rings (SSSR count). The number of benzene rings is 1. The summed E-state index contributed by atoms with van der Waals surface area (Å²) in [5.41, 5.74) is -0.0933. The number of hydrogen-bond acceptors (Lipinski definition) is 0. The van der Waals surface area contributed by atoms with Crippen LogP contribution in [0.4, 0.5) is 13.2 Å². The Balaban J connectivity index is 3.41. The molecule has 0 fully saturated rings. The summed E-state index contributed by atoms with van der Waals surface area (Å²) in [5, 5.41) is 0. The fourth-order valence-corrected chi connectivity index (χ4v) is 1.43. The van der Waals surface area contributed by atoms with Gasteiger partial charge < -0.3 is 0 Å². The van der Waals surface area contributed by atoms with E-state index in [2.05, 4.69) is 6.58 Å². The van der Waals surface area contributed by atoms with E-state index in [0.717, 1.165) is 0 Å². The molecule has 0 nitrogen and oxygen atoms in total. The van der Waals surface area contributed by atoms with Crippen molar-refractivity contribution in [1.82, 2.24) is 0 Å². The summed E-state index contributed by atoms with van der Waals surface area (Å²) in [6, 6.07) is 4.54. The van der Waals surface area contributed by atoms with E-state index in [1.807, 2.05) is 0 Å². The van der Waals surface area contributed by atoms with Gasteiger partial charge in [0, 0.05) is 0 Å². The van der Waals surface area contributed by atoms with Crippen molar-refractivity contribution in [2.75, 3.05) is 0 Å². The number of alkyl halides is 3. The summed E-state index contributed by atoms with van der Waals surface area (Å²) in [4.78, 5) is 0. The second-order valence-corrected chi connectivity index (χ2v) is 2.94. The van der Waals surface area contributed by atoms with Gasteiger partial charge in [-0.1, -0.05) is 37.8 Å². The Morgan fingerprint density at radius 1 is 1.36 bits per heavy atom. The lowest BCUT2D eigenvalue weighted by atomic mass is 9.99. The first-order valence-corrected chi connectivity index (χ1v) is 4.32. The van der Waals surface area contributed by atoms with Crippen molar-refractivity contribution in [3.8, 4) is 0 Å². The molecule has 0 aliphatic heterocycles. The lowest BCUT2D eigenvalue weighted by molar-refractivity contribution is -0.138. The third kappa shape index (κ3) is 1.97. The van der Waals surface area contributed by atoms with Crippen LogP contribution in [0.1, 0.15) is 23.6 Å². The highest BCUT2D eigenvalue weighted by Crippen LogP contribution is 2.35. The molecular formula is C11H11F3. The molecule has 1 aromatic rings. The molecule has 0 heterocycles. The van der Waals surface area contributed by atoms with Crippen molar-refractivity contribution in [2.24, 2.45) is 0 Å². The van der Waals surface area contributed by atoms with Crippen LogP contribution >= 0.6 is 0 Å². The summed E-state index contributed by atoms with van der Waals surface area (Å²) in [6.45, 7) is 5.09. The summed E-state index contributed by atoms with van der Waals surface area (Å²) in [6.07, 6.45) is -2.69. The van der Waals surface area contributed by atoms with E-state index in [4.69, 9.17) is 0 Å². The highest BCUT2D eigenvalue weighted by molar-refractivity contribution is 5.55. The van der Waals surface area contributed by atoms with Crippen LogP contribution in [-0.4, -0.2) is 0 Å². The quantitative estimate of drug-likeness (QED) is 0.678. The molecule has 0 aliphatic rings. The number of halogens is 3. The largest absolute Gasteiger partial charge is 0.417 e. The minimum Gasteiger partial charge on any atom is -0.166 e. The monoisotopic (exact) mass is 200 g/mol. The van der Waals surface area contributed by atoms with E-state index in [-0.39, 0.29) is 5.56 Å². The molecule has 0 unspecified atom stereocenters. The fourth-order valence-electron chi connectivity index (χ4n) is 1.43. The zero-order valence-corrected chi connectivity index (χ0v) is 7.86. The second-order valence-electron chi connectivity index (χ2n) is 2.94. The first-order chi connectivity index (χ1) is 6.50. The third-order valence-corrected chi connectivity index (χ3v) is 2.07. The topological polar surface area (TPSA) is 0 Å². The standard InChI is InChI=1S/C11H11F3/c1-3-8-6-5-7-9(4-2)10(8)11(12,13)14/h3,5-7H,1,4H2,2H3. The Labute approximate surface area is 81.1 Å². The second kappa shape index (κ2) is 3.86. The molecule has 3 heteroatoms. The third-order valence-electron chi connectivity index (χ3n) is 2.07. The van der Waals surface area contributed by atoms with Crippen LogP contribution in [0.15, 0.2) is 24.8 Å². The molecule has 0 saturated carbocycles. The molecule has 0 spiro atoms. The number of hydrogen-bond donors (Lipinski definition) is 0. The maximum Gasteiger partial charge on any atom is 0.417 e. The van der Waals surface area contributed by atoms with Crippen LogP contribution in [-0.2, 0) is 12.6 Å². The van der Waals surface area contributed by atoms with Gasteiger partial charge in [-0.15, -0.1) is 0 Å². The van der Waals surface area contributed by atoms with Crippen LogP contribution in [0.5, 0.6) is 0 Å². The van der Waals surface area contributed by atoms with Crippen LogP contribution in [0.2, 0.25) is 0 Å². The van der Waals surface area contributed by atoms with E-state index in [1.165, 1.54) is 18.2 Å². The van der Waals surface area contributed by atoms with Gasteiger partial charge in [-0.2, -0.15) is 13.2 Å². The van der Waals surface area contributed by atoms with Crippen LogP contribution in [0, 0.1) is 0 Å². The normalized spacial score (nSPS) is 11.4. The molecule has 0 bridgehead atoms. The van der Waals surface area contributed by atoms with Gasteiger partial charge in [-0.25, -0.2) is 0 Å². The summed E-state index contributed by atoms with van der Waals surface area (Å²) >= 11 is 0. The molecule has 0 radical (unpaired) electrons. The average Bonchev–Trinajstić information content (AvgIpc) is 2.15. The van der Waals surface area contributed by atoms with E-state index in [9.17, 15) is 13.2 Å². The van der Waals surface area contributed by atoms with Gasteiger partial charge in [-0.3, -0.25) is 0 Å². The first-order valence-electron chi connectivity index (χ1n) is 4.32. The lowest BCUT2D eigenvalue weighted by Crippen LogP contribution is -2.11. The maximum atomic E-state index is 12.6. The smallest absolute Gasteiger partial charge is 0.166 e. The van der Waals surface area contributed by atoms with Crippen LogP contribution in [0.3, 0.4) is 0 Å². The molecule has 0 amide bonds. The van der Waals surface area contributed by atoms with Crippen molar-refractivity contribution in [3.05, 3.63) is 41.5 Å². The van der Waals surface area contributed by atoms with Crippen molar-refractivity contribution in [2.45, 2.75) is 19.5 Å².